The van der Waals surface area contributed by atoms with Gasteiger partial charge >= 0.3 is 0 Å². The summed E-state index contributed by atoms with van der Waals surface area (Å²) in [6, 6.07) is 12.6. The van der Waals surface area contributed by atoms with Crippen LogP contribution < -0.4 is 0 Å². The average Bonchev–Trinajstić information content (AvgIpc) is 3.22. The number of rotatable bonds is 4. The Kier molecular flexibility index (Phi) is 3.67. The van der Waals surface area contributed by atoms with Crippen molar-refractivity contribution in [2.45, 2.75) is 12.8 Å². The van der Waals surface area contributed by atoms with E-state index in [9.17, 15) is 0 Å². The van der Waals surface area contributed by atoms with E-state index in [4.69, 9.17) is 0 Å². The van der Waals surface area contributed by atoms with Crippen molar-refractivity contribution >= 4 is 22.2 Å². The molecule has 0 radical (unpaired) electrons. The topological polar surface area (TPSA) is 30.7 Å². The summed E-state index contributed by atoms with van der Waals surface area (Å²) >= 11 is 1.73. The largest absolute Gasteiger partial charge is 0.344 e. The number of pyridine rings is 2. The van der Waals surface area contributed by atoms with Crippen molar-refractivity contribution < 1.29 is 0 Å². The van der Waals surface area contributed by atoms with E-state index in [0.717, 1.165) is 24.2 Å². The molecule has 0 bridgehead atoms. The van der Waals surface area contributed by atoms with E-state index in [2.05, 4.69) is 56.6 Å². The van der Waals surface area contributed by atoms with Crippen LogP contribution in [0.3, 0.4) is 0 Å². The van der Waals surface area contributed by atoms with Crippen LogP contribution in [-0.2, 0) is 19.9 Å². The molecule has 0 amide bonds. The highest BCUT2D eigenvalue weighted by Crippen LogP contribution is 2.30. The number of aryl methyl sites for hydroxylation is 3. The van der Waals surface area contributed by atoms with Gasteiger partial charge in [0.15, 0.2) is 0 Å². The number of nitrogens with zero attached hydrogens (tertiary/aromatic N) is 3. The van der Waals surface area contributed by atoms with E-state index in [-0.39, 0.29) is 0 Å². The lowest BCUT2D eigenvalue weighted by Gasteiger charge is -2.04. The molecule has 4 heterocycles. The minimum atomic E-state index is 0.904. The Labute approximate surface area is 139 Å². The van der Waals surface area contributed by atoms with Crippen molar-refractivity contribution in [3.63, 3.8) is 0 Å². The summed E-state index contributed by atoms with van der Waals surface area (Å²) in [4.78, 5) is 9.02. The summed E-state index contributed by atoms with van der Waals surface area (Å²) in [6.07, 6.45) is 5.57. The Balaban J connectivity index is 1.72. The second-order valence-electron chi connectivity index (χ2n) is 5.61. The molecule has 4 aromatic heterocycles. The van der Waals surface area contributed by atoms with Gasteiger partial charge < -0.3 is 4.57 Å². The van der Waals surface area contributed by atoms with Crippen molar-refractivity contribution in [2.75, 3.05) is 0 Å². The van der Waals surface area contributed by atoms with E-state index in [1.807, 2.05) is 24.5 Å². The zero-order chi connectivity index (χ0) is 15.6. The third-order valence-electron chi connectivity index (χ3n) is 4.21. The second kappa shape index (κ2) is 5.97. The fraction of sp³-hybridized carbons (Fsp3) is 0.158. The van der Waals surface area contributed by atoms with Gasteiger partial charge in [-0.2, -0.15) is 11.3 Å². The van der Waals surface area contributed by atoms with Gasteiger partial charge in [-0.1, -0.05) is 6.07 Å². The van der Waals surface area contributed by atoms with Crippen LogP contribution in [0.2, 0.25) is 0 Å². The minimum absolute atomic E-state index is 0.904. The number of hydrogen-bond donors (Lipinski definition) is 0. The Morgan fingerprint density at radius 1 is 1.04 bits per heavy atom. The molecule has 0 N–H and O–H groups in total. The summed E-state index contributed by atoms with van der Waals surface area (Å²) in [7, 11) is 2.12. The molecule has 0 saturated carbocycles. The number of hydrogen-bond acceptors (Lipinski definition) is 3. The van der Waals surface area contributed by atoms with Crippen molar-refractivity contribution in [1.82, 2.24) is 14.5 Å². The molecule has 0 saturated heterocycles. The molecule has 4 rings (SSSR count). The fourth-order valence-electron chi connectivity index (χ4n) is 3.00. The maximum absolute atomic E-state index is 4.62. The lowest BCUT2D eigenvalue weighted by Crippen LogP contribution is -1.97. The summed E-state index contributed by atoms with van der Waals surface area (Å²) in [6.45, 7) is 0. The van der Waals surface area contributed by atoms with Gasteiger partial charge in [0.05, 0.1) is 11.2 Å². The molecule has 4 heteroatoms. The smallest absolute Gasteiger partial charge is 0.0516 e. The molecular formula is C19H17N3S. The standard InChI is InChI=1S/C19H17N3S/c1-22-18-7-10-21-17(6-5-15-4-2-3-9-20-15)16(18)12-19(22)14-8-11-23-13-14/h2-4,7-13H,5-6H2,1H3. The Morgan fingerprint density at radius 2 is 2.00 bits per heavy atom. The Hall–Kier alpha value is -2.46. The SMILES string of the molecule is Cn1c(-c2ccsc2)cc2c(CCc3ccccn3)nccc21. The third-order valence-corrected chi connectivity index (χ3v) is 4.90. The van der Waals surface area contributed by atoms with Crippen LogP contribution in [0.5, 0.6) is 0 Å². The zero-order valence-electron chi connectivity index (χ0n) is 12.9. The normalized spacial score (nSPS) is 11.2. The monoisotopic (exact) mass is 319 g/mol. The molecule has 0 aliphatic carbocycles. The lowest BCUT2D eigenvalue weighted by molar-refractivity contribution is 0.888. The van der Waals surface area contributed by atoms with E-state index >= 15 is 0 Å². The first kappa shape index (κ1) is 14.2. The van der Waals surface area contributed by atoms with Gasteiger partial charge in [-0.25, -0.2) is 0 Å². The number of fused-ring (bicyclic) bond motifs is 1. The van der Waals surface area contributed by atoms with Crippen LogP contribution in [0.1, 0.15) is 11.4 Å². The predicted octanol–water partition coefficient (Wildman–Crippen LogP) is 4.48. The van der Waals surface area contributed by atoms with Gasteiger partial charge in [-0.15, -0.1) is 0 Å². The lowest BCUT2D eigenvalue weighted by atomic mass is 10.1. The summed E-state index contributed by atoms with van der Waals surface area (Å²) < 4.78 is 2.25. The van der Waals surface area contributed by atoms with Crippen LogP contribution in [0.4, 0.5) is 0 Å². The minimum Gasteiger partial charge on any atom is -0.344 e. The highest BCUT2D eigenvalue weighted by Gasteiger charge is 2.12. The molecule has 3 nitrogen and oxygen atoms in total. The van der Waals surface area contributed by atoms with Crippen molar-refractivity contribution in [3.8, 4) is 11.3 Å². The molecule has 0 atom stereocenters. The molecule has 23 heavy (non-hydrogen) atoms. The molecular weight excluding hydrogens is 302 g/mol. The molecule has 0 aliphatic heterocycles. The zero-order valence-corrected chi connectivity index (χ0v) is 13.8. The van der Waals surface area contributed by atoms with Gasteiger partial charge in [0, 0.05) is 47.2 Å². The van der Waals surface area contributed by atoms with E-state index < -0.39 is 0 Å². The van der Waals surface area contributed by atoms with Crippen LogP contribution in [0.15, 0.2) is 59.6 Å². The van der Waals surface area contributed by atoms with Gasteiger partial charge in [0.2, 0.25) is 0 Å². The van der Waals surface area contributed by atoms with Crippen LogP contribution >= 0.6 is 11.3 Å². The van der Waals surface area contributed by atoms with Crippen molar-refractivity contribution in [1.29, 1.82) is 0 Å². The van der Waals surface area contributed by atoms with E-state index in [0.29, 0.717) is 0 Å². The van der Waals surface area contributed by atoms with Crippen molar-refractivity contribution in [2.24, 2.45) is 7.05 Å². The highest BCUT2D eigenvalue weighted by molar-refractivity contribution is 7.08. The molecule has 0 spiro atoms. The van der Waals surface area contributed by atoms with Gasteiger partial charge in [0.1, 0.15) is 0 Å². The first-order valence-corrected chi connectivity index (χ1v) is 8.63. The first-order valence-electron chi connectivity index (χ1n) is 7.69. The van der Waals surface area contributed by atoms with Crippen LogP contribution in [0, 0.1) is 0 Å². The maximum Gasteiger partial charge on any atom is 0.0516 e. The highest BCUT2D eigenvalue weighted by atomic mass is 32.1. The van der Waals surface area contributed by atoms with Gasteiger partial charge in [-0.3, -0.25) is 9.97 Å². The molecule has 0 aliphatic rings. The van der Waals surface area contributed by atoms with Gasteiger partial charge in [0.25, 0.3) is 0 Å². The summed E-state index contributed by atoms with van der Waals surface area (Å²) in [5.41, 5.74) is 6.00. The molecule has 4 aromatic rings. The Morgan fingerprint density at radius 3 is 2.78 bits per heavy atom. The molecule has 0 fully saturated rings. The molecule has 0 aromatic carbocycles. The fourth-order valence-corrected chi connectivity index (χ4v) is 3.65. The van der Waals surface area contributed by atoms with Crippen LogP contribution in [-0.4, -0.2) is 14.5 Å². The van der Waals surface area contributed by atoms with Crippen molar-refractivity contribution in [3.05, 3.63) is 70.9 Å². The quantitative estimate of drug-likeness (QED) is 0.555. The number of thiophene rings is 1. The molecule has 0 unspecified atom stereocenters. The number of aromatic nitrogens is 3. The first-order chi connectivity index (χ1) is 11.3. The van der Waals surface area contributed by atoms with Crippen LogP contribution in [0.25, 0.3) is 22.2 Å². The van der Waals surface area contributed by atoms with Gasteiger partial charge in [-0.05, 0) is 48.6 Å². The summed E-state index contributed by atoms with van der Waals surface area (Å²) in [5, 5.41) is 5.55. The third kappa shape index (κ3) is 2.66. The second-order valence-corrected chi connectivity index (χ2v) is 6.39. The summed E-state index contributed by atoms with van der Waals surface area (Å²) in [5.74, 6) is 0. The average molecular weight is 319 g/mol. The van der Waals surface area contributed by atoms with E-state index in [1.54, 1.807) is 11.3 Å². The molecule has 114 valence electrons. The predicted molar refractivity (Wildman–Crippen MR) is 95.7 cm³/mol. The Bertz CT molecular complexity index is 924. The van der Waals surface area contributed by atoms with E-state index in [1.165, 1.54) is 22.2 Å². The maximum atomic E-state index is 4.62.